The Labute approximate surface area is 162 Å². The van der Waals surface area contributed by atoms with Crippen molar-refractivity contribution in [2.45, 2.75) is 40.7 Å². The number of urea groups is 1. The Bertz CT molecular complexity index is 927. The minimum absolute atomic E-state index is 0.278. The van der Waals surface area contributed by atoms with Crippen molar-refractivity contribution in [3.63, 3.8) is 0 Å². The highest BCUT2D eigenvalue weighted by atomic mass is 32.1. The van der Waals surface area contributed by atoms with Gasteiger partial charge in [-0.25, -0.2) is 24.7 Å². The molecular formula is C18H23N7OS. The van der Waals surface area contributed by atoms with Gasteiger partial charge in [0.15, 0.2) is 5.13 Å². The number of hydrogen-bond acceptors (Lipinski definition) is 6. The van der Waals surface area contributed by atoms with E-state index in [4.69, 9.17) is 0 Å². The highest BCUT2D eigenvalue weighted by Crippen LogP contribution is 2.31. The van der Waals surface area contributed by atoms with Crippen molar-refractivity contribution in [3.05, 3.63) is 41.5 Å². The van der Waals surface area contributed by atoms with Crippen LogP contribution in [0.5, 0.6) is 0 Å². The number of imidazole rings is 1. The van der Waals surface area contributed by atoms with Gasteiger partial charge in [0.25, 0.3) is 0 Å². The topological polar surface area (TPSA) is 97.6 Å². The first-order valence-corrected chi connectivity index (χ1v) is 9.62. The van der Waals surface area contributed by atoms with E-state index in [0.29, 0.717) is 18.1 Å². The van der Waals surface area contributed by atoms with Gasteiger partial charge < -0.3 is 9.88 Å². The molecule has 3 aromatic heterocycles. The summed E-state index contributed by atoms with van der Waals surface area (Å²) in [6.45, 7) is 9.16. The summed E-state index contributed by atoms with van der Waals surface area (Å²) in [4.78, 5) is 30.6. The molecule has 9 heteroatoms. The van der Waals surface area contributed by atoms with Crippen LogP contribution in [0.25, 0.3) is 10.6 Å². The minimum atomic E-state index is -0.278. The van der Waals surface area contributed by atoms with Gasteiger partial charge in [0.1, 0.15) is 5.82 Å². The average molecular weight is 385 g/mol. The van der Waals surface area contributed by atoms with Crippen molar-refractivity contribution in [1.82, 2.24) is 29.8 Å². The van der Waals surface area contributed by atoms with E-state index in [9.17, 15) is 4.79 Å². The predicted molar refractivity (Wildman–Crippen MR) is 106 cm³/mol. The van der Waals surface area contributed by atoms with E-state index in [1.54, 1.807) is 6.33 Å². The molecule has 0 aliphatic heterocycles. The van der Waals surface area contributed by atoms with E-state index in [0.717, 1.165) is 40.0 Å². The number of nitrogens with zero attached hydrogens (tertiary/aromatic N) is 5. The molecule has 0 radical (unpaired) electrons. The maximum Gasteiger partial charge on any atom is 0.321 e. The lowest BCUT2D eigenvalue weighted by Gasteiger charge is -2.04. The molecule has 2 N–H and O–H groups in total. The number of carbonyl (C=O) groups excluding carboxylic acids is 1. The normalized spacial score (nSPS) is 10.8. The number of aryl methyl sites for hydroxylation is 4. The summed E-state index contributed by atoms with van der Waals surface area (Å²) in [6, 6.07) is 1.65. The van der Waals surface area contributed by atoms with Crippen LogP contribution in [0.3, 0.4) is 0 Å². The van der Waals surface area contributed by atoms with Crippen molar-refractivity contribution >= 4 is 22.5 Å². The third kappa shape index (κ3) is 4.88. The fraction of sp³-hybridized carbons (Fsp3) is 0.389. The van der Waals surface area contributed by atoms with Crippen LogP contribution < -0.4 is 10.6 Å². The van der Waals surface area contributed by atoms with Gasteiger partial charge in [-0.05, 0) is 33.8 Å². The van der Waals surface area contributed by atoms with Crippen molar-refractivity contribution in [3.8, 4) is 10.6 Å². The molecule has 3 aromatic rings. The van der Waals surface area contributed by atoms with Gasteiger partial charge in [-0.15, -0.1) is 0 Å². The second-order valence-corrected chi connectivity index (χ2v) is 7.20. The van der Waals surface area contributed by atoms with Crippen molar-refractivity contribution in [1.29, 1.82) is 0 Å². The molecule has 2 amide bonds. The van der Waals surface area contributed by atoms with E-state index in [1.165, 1.54) is 11.3 Å². The molecule has 142 valence electrons. The van der Waals surface area contributed by atoms with Crippen molar-refractivity contribution < 1.29 is 4.79 Å². The molecule has 27 heavy (non-hydrogen) atoms. The minimum Gasteiger partial charge on any atom is -0.337 e. The van der Waals surface area contributed by atoms with Gasteiger partial charge in [0.2, 0.25) is 0 Å². The number of anilines is 1. The lowest BCUT2D eigenvalue weighted by molar-refractivity contribution is 0.252. The summed E-state index contributed by atoms with van der Waals surface area (Å²) in [7, 11) is 0. The molecule has 0 spiro atoms. The molecule has 0 aliphatic rings. The summed E-state index contributed by atoms with van der Waals surface area (Å²) >= 11 is 1.41. The van der Waals surface area contributed by atoms with Gasteiger partial charge in [-0.2, -0.15) is 0 Å². The number of amides is 2. The van der Waals surface area contributed by atoms with Gasteiger partial charge in [0, 0.05) is 31.4 Å². The molecule has 8 nitrogen and oxygen atoms in total. The third-order valence-electron chi connectivity index (χ3n) is 3.93. The van der Waals surface area contributed by atoms with Gasteiger partial charge in [0.05, 0.1) is 28.3 Å². The molecule has 0 saturated carbocycles. The fourth-order valence-corrected chi connectivity index (χ4v) is 3.60. The van der Waals surface area contributed by atoms with Crippen LogP contribution in [0.4, 0.5) is 9.93 Å². The smallest absolute Gasteiger partial charge is 0.321 e. The summed E-state index contributed by atoms with van der Waals surface area (Å²) in [5.41, 5.74) is 3.52. The quantitative estimate of drug-likeness (QED) is 0.679. The molecular weight excluding hydrogens is 362 g/mol. The molecule has 0 aromatic carbocycles. The lowest BCUT2D eigenvalue weighted by atomic mass is 10.2. The SMILES string of the molecule is CCn1cnc(CCNC(=O)Nc2nc(C)c(-c3cc(C)nc(C)n3)s2)c1. The van der Waals surface area contributed by atoms with Crippen LogP contribution in [0.2, 0.25) is 0 Å². The zero-order valence-corrected chi connectivity index (χ0v) is 16.7. The number of aromatic nitrogens is 5. The van der Waals surface area contributed by atoms with E-state index in [-0.39, 0.29) is 6.03 Å². The highest BCUT2D eigenvalue weighted by Gasteiger charge is 2.14. The van der Waals surface area contributed by atoms with E-state index in [2.05, 4.69) is 37.5 Å². The summed E-state index contributed by atoms with van der Waals surface area (Å²) in [5.74, 6) is 0.718. The van der Waals surface area contributed by atoms with Crippen LogP contribution in [-0.2, 0) is 13.0 Å². The zero-order chi connectivity index (χ0) is 19.4. The zero-order valence-electron chi connectivity index (χ0n) is 15.9. The predicted octanol–water partition coefficient (Wildman–Crippen LogP) is 3.11. The largest absolute Gasteiger partial charge is 0.337 e. The van der Waals surface area contributed by atoms with Crippen LogP contribution >= 0.6 is 11.3 Å². The third-order valence-corrected chi connectivity index (χ3v) is 5.03. The molecule has 0 fully saturated rings. The van der Waals surface area contributed by atoms with Gasteiger partial charge in [-0.1, -0.05) is 11.3 Å². The summed E-state index contributed by atoms with van der Waals surface area (Å²) < 4.78 is 2.01. The maximum absolute atomic E-state index is 12.1. The Balaban J connectivity index is 1.58. The first kappa shape index (κ1) is 19.0. The second kappa shape index (κ2) is 8.26. The Morgan fingerprint density at radius 2 is 2.04 bits per heavy atom. The molecule has 0 saturated heterocycles. The number of thiazole rings is 1. The van der Waals surface area contributed by atoms with Crippen LogP contribution in [0, 0.1) is 20.8 Å². The Morgan fingerprint density at radius 3 is 2.74 bits per heavy atom. The Kier molecular flexibility index (Phi) is 5.80. The summed E-state index contributed by atoms with van der Waals surface area (Å²) in [6.07, 6.45) is 4.47. The molecule has 0 atom stereocenters. The highest BCUT2D eigenvalue weighted by molar-refractivity contribution is 7.19. The molecule has 0 unspecified atom stereocenters. The number of hydrogen-bond donors (Lipinski definition) is 2. The first-order chi connectivity index (χ1) is 12.9. The van der Waals surface area contributed by atoms with Gasteiger partial charge in [-0.3, -0.25) is 5.32 Å². The second-order valence-electron chi connectivity index (χ2n) is 6.20. The van der Waals surface area contributed by atoms with Crippen LogP contribution in [-0.4, -0.2) is 37.1 Å². The first-order valence-electron chi connectivity index (χ1n) is 8.80. The number of nitrogens with one attached hydrogen (secondary N) is 2. The van der Waals surface area contributed by atoms with E-state index < -0.39 is 0 Å². The maximum atomic E-state index is 12.1. The molecule has 0 aliphatic carbocycles. The van der Waals surface area contributed by atoms with Gasteiger partial charge >= 0.3 is 6.03 Å². The van der Waals surface area contributed by atoms with Crippen LogP contribution in [0.15, 0.2) is 18.6 Å². The monoisotopic (exact) mass is 385 g/mol. The van der Waals surface area contributed by atoms with Crippen LogP contribution in [0.1, 0.15) is 29.8 Å². The average Bonchev–Trinajstić information content (AvgIpc) is 3.20. The standard InChI is InChI=1S/C18H23N7OS/c1-5-25-9-14(20-10-25)6-7-19-17(26)24-18-22-12(3)16(27-18)15-8-11(2)21-13(4)23-15/h8-10H,5-7H2,1-4H3,(H2,19,22,24,26). The summed E-state index contributed by atoms with van der Waals surface area (Å²) in [5, 5.41) is 6.17. The van der Waals surface area contributed by atoms with Crippen molar-refractivity contribution in [2.75, 3.05) is 11.9 Å². The number of carbonyl (C=O) groups is 1. The molecule has 3 heterocycles. The van der Waals surface area contributed by atoms with E-state index >= 15 is 0 Å². The number of rotatable bonds is 6. The van der Waals surface area contributed by atoms with Crippen molar-refractivity contribution in [2.24, 2.45) is 0 Å². The Morgan fingerprint density at radius 1 is 1.22 bits per heavy atom. The van der Waals surface area contributed by atoms with E-state index in [1.807, 2.05) is 37.6 Å². The fourth-order valence-electron chi connectivity index (χ4n) is 2.67. The molecule has 3 rings (SSSR count). The molecule has 0 bridgehead atoms. The Hall–Kier alpha value is -2.81. The lowest BCUT2D eigenvalue weighted by Crippen LogP contribution is -2.30.